The topological polar surface area (TPSA) is 45.7 Å². The molecular weight excluding hydrogens is 457 g/mol. The van der Waals surface area contributed by atoms with Crippen LogP contribution in [-0.4, -0.2) is 32.7 Å². The van der Waals surface area contributed by atoms with Crippen molar-refractivity contribution < 1.29 is 4.74 Å². The van der Waals surface area contributed by atoms with Crippen LogP contribution in [-0.2, 0) is 6.42 Å². The van der Waals surface area contributed by atoms with Crippen LogP contribution < -0.4 is 15.4 Å². The highest BCUT2D eigenvalue weighted by atomic mass is 127. The molecule has 3 rings (SSSR count). The number of aliphatic imine (C=N–C) groups is 1. The molecule has 0 bridgehead atoms. The summed E-state index contributed by atoms with van der Waals surface area (Å²) in [6, 6.07) is 12.7. The molecule has 1 aliphatic heterocycles. The Hall–Kier alpha value is -1.28. The van der Waals surface area contributed by atoms with Crippen LogP contribution in [0.1, 0.15) is 29.7 Å². The van der Waals surface area contributed by atoms with Gasteiger partial charge in [-0.25, -0.2) is 0 Å². The lowest BCUT2D eigenvalue weighted by Crippen LogP contribution is -2.41. The van der Waals surface area contributed by atoms with E-state index in [1.807, 2.05) is 24.5 Å². The van der Waals surface area contributed by atoms with Crippen molar-refractivity contribution in [3.8, 4) is 5.75 Å². The summed E-state index contributed by atoms with van der Waals surface area (Å²) in [5, 5.41) is 9.08. The molecule has 2 atom stereocenters. The Morgan fingerprint density at radius 2 is 2.12 bits per heavy atom. The first-order valence-electron chi connectivity index (χ1n) is 8.95. The fourth-order valence-electron chi connectivity index (χ4n) is 3.18. The lowest BCUT2D eigenvalue weighted by molar-refractivity contribution is 0.267. The molecule has 26 heavy (non-hydrogen) atoms. The van der Waals surface area contributed by atoms with Gasteiger partial charge in [-0.15, -0.1) is 35.3 Å². The second kappa shape index (κ2) is 10.8. The number of hydrogen-bond acceptors (Lipinski definition) is 3. The highest BCUT2D eigenvalue weighted by Gasteiger charge is 2.21. The molecule has 0 saturated carbocycles. The van der Waals surface area contributed by atoms with Gasteiger partial charge in [0.25, 0.3) is 0 Å². The minimum absolute atomic E-state index is 0. The van der Waals surface area contributed by atoms with Crippen LogP contribution in [0.25, 0.3) is 0 Å². The summed E-state index contributed by atoms with van der Waals surface area (Å²) >= 11 is 1.83. The molecule has 0 radical (unpaired) electrons. The van der Waals surface area contributed by atoms with Gasteiger partial charge in [0, 0.05) is 30.9 Å². The van der Waals surface area contributed by atoms with Crippen LogP contribution in [0.2, 0.25) is 0 Å². The Morgan fingerprint density at radius 1 is 1.27 bits per heavy atom. The van der Waals surface area contributed by atoms with Gasteiger partial charge in [0.05, 0.1) is 6.61 Å². The second-order valence-electron chi connectivity index (χ2n) is 6.59. The Labute approximate surface area is 177 Å². The molecule has 6 heteroatoms. The van der Waals surface area contributed by atoms with Crippen molar-refractivity contribution >= 4 is 41.3 Å². The first-order chi connectivity index (χ1) is 12.3. The molecular formula is C20H28IN3OS. The maximum absolute atomic E-state index is 5.74. The highest BCUT2D eigenvalue weighted by Crippen LogP contribution is 2.32. The number of nitrogens with zero attached hydrogens (tertiary/aromatic N) is 1. The second-order valence-corrected chi connectivity index (χ2v) is 7.63. The van der Waals surface area contributed by atoms with Crippen molar-refractivity contribution in [3.05, 3.63) is 52.2 Å². The summed E-state index contributed by atoms with van der Waals surface area (Å²) in [7, 11) is 1.83. The molecule has 1 aromatic heterocycles. The molecule has 0 amide bonds. The molecule has 0 spiro atoms. The minimum Gasteiger partial charge on any atom is -0.493 e. The maximum atomic E-state index is 5.74. The molecule has 1 aromatic carbocycles. The minimum atomic E-state index is 0. The van der Waals surface area contributed by atoms with E-state index in [1.165, 1.54) is 10.4 Å². The van der Waals surface area contributed by atoms with E-state index in [0.717, 1.165) is 44.2 Å². The number of nitrogens with one attached hydrogen (secondary N) is 2. The zero-order valence-electron chi connectivity index (χ0n) is 15.4. The van der Waals surface area contributed by atoms with Crippen molar-refractivity contribution in [3.63, 3.8) is 0 Å². The molecule has 0 saturated heterocycles. The van der Waals surface area contributed by atoms with Gasteiger partial charge in [0.2, 0.25) is 0 Å². The third kappa shape index (κ3) is 5.87. The Kier molecular flexibility index (Phi) is 8.71. The van der Waals surface area contributed by atoms with Crippen LogP contribution in [0.15, 0.2) is 46.8 Å². The first kappa shape index (κ1) is 21.0. The number of rotatable bonds is 6. The van der Waals surface area contributed by atoms with E-state index in [9.17, 15) is 0 Å². The van der Waals surface area contributed by atoms with E-state index < -0.39 is 0 Å². The number of guanidine groups is 1. The number of ether oxygens (including phenoxy) is 1. The average molecular weight is 485 g/mol. The SMILES string of the molecule is CN=C(NCC(C)Cc1cccs1)NCC1CCOc2ccccc21.I. The summed E-state index contributed by atoms with van der Waals surface area (Å²) in [5.74, 6) is 2.93. The number of benzene rings is 1. The van der Waals surface area contributed by atoms with E-state index in [4.69, 9.17) is 4.74 Å². The van der Waals surface area contributed by atoms with E-state index in [-0.39, 0.29) is 24.0 Å². The number of para-hydroxylation sites is 1. The predicted octanol–water partition coefficient (Wildman–Crippen LogP) is 4.28. The van der Waals surface area contributed by atoms with Crippen molar-refractivity contribution in [2.24, 2.45) is 10.9 Å². The molecule has 0 aliphatic carbocycles. The van der Waals surface area contributed by atoms with Crippen LogP contribution in [0.4, 0.5) is 0 Å². The first-order valence-corrected chi connectivity index (χ1v) is 9.83. The van der Waals surface area contributed by atoms with E-state index in [1.54, 1.807) is 0 Å². The average Bonchev–Trinajstić information content (AvgIpc) is 3.15. The van der Waals surface area contributed by atoms with Crippen molar-refractivity contribution in [2.75, 3.05) is 26.7 Å². The summed E-state index contributed by atoms with van der Waals surface area (Å²) in [4.78, 5) is 5.80. The van der Waals surface area contributed by atoms with Gasteiger partial charge < -0.3 is 15.4 Å². The van der Waals surface area contributed by atoms with E-state index >= 15 is 0 Å². The Balaban J connectivity index is 0.00000243. The molecule has 142 valence electrons. The highest BCUT2D eigenvalue weighted by molar-refractivity contribution is 14.0. The molecule has 2 unspecified atom stereocenters. The fourth-order valence-corrected chi connectivity index (χ4v) is 4.05. The third-order valence-electron chi connectivity index (χ3n) is 4.57. The lowest BCUT2D eigenvalue weighted by Gasteiger charge is -2.26. The Bertz CT molecular complexity index is 690. The quantitative estimate of drug-likeness (QED) is 0.365. The number of thiophene rings is 1. The normalized spacial score (nSPS) is 17.5. The van der Waals surface area contributed by atoms with Gasteiger partial charge in [-0.05, 0) is 41.8 Å². The van der Waals surface area contributed by atoms with E-state index in [2.05, 4.69) is 58.3 Å². The summed E-state index contributed by atoms with van der Waals surface area (Å²) in [5.41, 5.74) is 1.29. The zero-order valence-corrected chi connectivity index (χ0v) is 18.6. The lowest BCUT2D eigenvalue weighted by atomic mass is 9.93. The standard InChI is InChI=1S/C20H27N3OS.HI/c1-15(12-17-6-5-11-25-17)13-22-20(21-2)23-14-16-9-10-24-19-8-4-3-7-18(16)19;/h3-8,11,15-16H,9-10,12-14H2,1-2H3,(H2,21,22,23);1H. The molecule has 2 N–H and O–H groups in total. The van der Waals surface area contributed by atoms with Crippen molar-refractivity contribution in [1.82, 2.24) is 10.6 Å². The summed E-state index contributed by atoms with van der Waals surface area (Å²) in [6.45, 7) is 4.85. The number of fused-ring (bicyclic) bond motifs is 1. The van der Waals surface area contributed by atoms with E-state index in [0.29, 0.717) is 11.8 Å². The van der Waals surface area contributed by atoms with Crippen LogP contribution in [0.5, 0.6) is 5.75 Å². The van der Waals surface area contributed by atoms with Gasteiger partial charge >= 0.3 is 0 Å². The molecule has 2 aromatic rings. The fraction of sp³-hybridized carbons (Fsp3) is 0.450. The molecule has 0 fully saturated rings. The van der Waals surface area contributed by atoms with Gasteiger partial charge in [-0.1, -0.05) is 31.2 Å². The van der Waals surface area contributed by atoms with Gasteiger partial charge in [0.15, 0.2) is 5.96 Å². The zero-order chi connectivity index (χ0) is 17.5. The van der Waals surface area contributed by atoms with Crippen LogP contribution in [0.3, 0.4) is 0 Å². The van der Waals surface area contributed by atoms with Gasteiger partial charge in [0.1, 0.15) is 5.75 Å². The monoisotopic (exact) mass is 485 g/mol. The Morgan fingerprint density at radius 3 is 2.88 bits per heavy atom. The summed E-state index contributed by atoms with van der Waals surface area (Å²) in [6.07, 6.45) is 2.14. The van der Waals surface area contributed by atoms with Crippen molar-refractivity contribution in [2.45, 2.75) is 25.7 Å². The number of hydrogen-bond donors (Lipinski definition) is 2. The molecule has 4 nitrogen and oxygen atoms in total. The summed E-state index contributed by atoms with van der Waals surface area (Å²) < 4.78 is 5.74. The van der Waals surface area contributed by atoms with Gasteiger partial charge in [-0.3, -0.25) is 4.99 Å². The van der Waals surface area contributed by atoms with Gasteiger partial charge in [-0.2, -0.15) is 0 Å². The third-order valence-corrected chi connectivity index (χ3v) is 5.47. The largest absolute Gasteiger partial charge is 0.493 e. The van der Waals surface area contributed by atoms with Crippen molar-refractivity contribution in [1.29, 1.82) is 0 Å². The molecule has 2 heterocycles. The van der Waals surface area contributed by atoms with Crippen LogP contribution in [0, 0.1) is 5.92 Å². The number of halogens is 1. The molecule has 1 aliphatic rings. The van der Waals surface area contributed by atoms with Crippen LogP contribution >= 0.6 is 35.3 Å². The smallest absolute Gasteiger partial charge is 0.191 e. The maximum Gasteiger partial charge on any atom is 0.191 e. The predicted molar refractivity (Wildman–Crippen MR) is 121 cm³/mol.